The number of hydrogen-bond acceptors (Lipinski definition) is 3. The second-order valence-corrected chi connectivity index (χ2v) is 8.09. The number of nitrogens with one attached hydrogen (secondary N) is 1. The number of sulfonamides is 1. The molecule has 1 fully saturated rings. The number of likely N-dealkylation sites (tertiary alicyclic amines) is 1. The van der Waals surface area contributed by atoms with Crippen molar-refractivity contribution in [3.8, 4) is 0 Å². The summed E-state index contributed by atoms with van der Waals surface area (Å²) in [5.74, 6) is 0.582. The van der Waals surface area contributed by atoms with Crippen LogP contribution in [-0.4, -0.2) is 40.0 Å². The standard InChI is InChI=1S/C14H20Cl2N2O2S/c1-18-8-5-11(6-9-18)4-7-17-21(19,20)14-10-12(15)2-3-13(14)16/h2-3,10-11,17H,4-9H2,1H3. The van der Waals surface area contributed by atoms with Crippen LogP contribution in [0.25, 0.3) is 0 Å². The van der Waals surface area contributed by atoms with Crippen LogP contribution in [0.15, 0.2) is 23.1 Å². The lowest BCUT2D eigenvalue weighted by molar-refractivity contribution is 0.213. The quantitative estimate of drug-likeness (QED) is 0.887. The molecule has 0 amide bonds. The Labute approximate surface area is 136 Å². The van der Waals surface area contributed by atoms with Gasteiger partial charge in [-0.1, -0.05) is 23.2 Å². The van der Waals surface area contributed by atoms with Crippen LogP contribution in [0.3, 0.4) is 0 Å². The Bertz CT molecular complexity index is 585. The van der Waals surface area contributed by atoms with Gasteiger partial charge in [0, 0.05) is 11.6 Å². The molecule has 1 heterocycles. The van der Waals surface area contributed by atoms with E-state index in [0.717, 1.165) is 32.4 Å². The van der Waals surface area contributed by atoms with Crippen LogP contribution in [0.4, 0.5) is 0 Å². The second kappa shape index (κ2) is 7.29. The van der Waals surface area contributed by atoms with E-state index in [0.29, 0.717) is 17.5 Å². The monoisotopic (exact) mass is 350 g/mol. The van der Waals surface area contributed by atoms with Crippen molar-refractivity contribution in [2.24, 2.45) is 5.92 Å². The van der Waals surface area contributed by atoms with Gasteiger partial charge >= 0.3 is 0 Å². The molecule has 1 aromatic carbocycles. The zero-order valence-electron chi connectivity index (χ0n) is 12.0. The van der Waals surface area contributed by atoms with Gasteiger partial charge in [0.2, 0.25) is 10.0 Å². The Kier molecular flexibility index (Phi) is 5.91. The van der Waals surface area contributed by atoms with Crippen LogP contribution in [-0.2, 0) is 10.0 Å². The highest BCUT2D eigenvalue weighted by Crippen LogP contribution is 2.25. The van der Waals surface area contributed by atoms with E-state index >= 15 is 0 Å². The van der Waals surface area contributed by atoms with Crippen molar-refractivity contribution in [2.45, 2.75) is 24.2 Å². The molecule has 0 spiro atoms. The lowest BCUT2D eigenvalue weighted by atomic mass is 9.94. The third kappa shape index (κ3) is 4.83. The van der Waals surface area contributed by atoms with Crippen molar-refractivity contribution < 1.29 is 8.42 Å². The summed E-state index contributed by atoms with van der Waals surface area (Å²) in [5.41, 5.74) is 0. The number of rotatable bonds is 5. The fourth-order valence-corrected chi connectivity index (χ4v) is 4.32. The van der Waals surface area contributed by atoms with E-state index in [9.17, 15) is 8.42 Å². The molecular formula is C14H20Cl2N2O2S. The average Bonchev–Trinajstić information content (AvgIpc) is 2.43. The summed E-state index contributed by atoms with van der Waals surface area (Å²) in [6.07, 6.45) is 3.09. The van der Waals surface area contributed by atoms with Gasteiger partial charge in [-0.2, -0.15) is 0 Å². The molecule has 1 aliphatic rings. The molecule has 1 N–H and O–H groups in total. The molecule has 118 valence electrons. The minimum absolute atomic E-state index is 0.0417. The summed E-state index contributed by atoms with van der Waals surface area (Å²) in [5, 5.41) is 0.543. The molecule has 4 nitrogen and oxygen atoms in total. The third-order valence-corrected chi connectivity index (χ3v) is 6.04. The summed E-state index contributed by atoms with van der Waals surface area (Å²) in [6, 6.07) is 4.44. The first-order valence-corrected chi connectivity index (χ1v) is 9.25. The predicted molar refractivity (Wildman–Crippen MR) is 86.5 cm³/mol. The van der Waals surface area contributed by atoms with Crippen molar-refractivity contribution in [2.75, 3.05) is 26.7 Å². The molecule has 2 rings (SSSR count). The predicted octanol–water partition coefficient (Wildman–Crippen LogP) is 3.00. The second-order valence-electron chi connectivity index (χ2n) is 5.51. The van der Waals surface area contributed by atoms with Gasteiger partial charge in [0.15, 0.2) is 0 Å². The summed E-state index contributed by atoms with van der Waals surface area (Å²) in [7, 11) is -1.49. The molecule has 0 radical (unpaired) electrons. The van der Waals surface area contributed by atoms with E-state index < -0.39 is 10.0 Å². The van der Waals surface area contributed by atoms with E-state index in [2.05, 4.69) is 16.7 Å². The number of piperidine rings is 1. The number of nitrogens with zero attached hydrogens (tertiary/aromatic N) is 1. The maximum Gasteiger partial charge on any atom is 0.242 e. The van der Waals surface area contributed by atoms with Gasteiger partial charge in [-0.15, -0.1) is 0 Å². The first-order chi connectivity index (χ1) is 9.88. The van der Waals surface area contributed by atoms with Crippen molar-refractivity contribution in [3.63, 3.8) is 0 Å². The SMILES string of the molecule is CN1CCC(CCNS(=O)(=O)c2cc(Cl)ccc2Cl)CC1. The Morgan fingerprint density at radius 3 is 2.62 bits per heavy atom. The topological polar surface area (TPSA) is 49.4 Å². The highest BCUT2D eigenvalue weighted by Gasteiger charge is 2.20. The van der Waals surface area contributed by atoms with Crippen molar-refractivity contribution >= 4 is 33.2 Å². The van der Waals surface area contributed by atoms with Crippen LogP contribution < -0.4 is 4.72 Å². The van der Waals surface area contributed by atoms with Crippen molar-refractivity contribution in [1.82, 2.24) is 9.62 Å². The molecule has 0 atom stereocenters. The molecule has 0 bridgehead atoms. The van der Waals surface area contributed by atoms with Crippen LogP contribution >= 0.6 is 23.2 Å². The highest BCUT2D eigenvalue weighted by atomic mass is 35.5. The van der Waals surface area contributed by atoms with E-state index in [4.69, 9.17) is 23.2 Å². The first-order valence-electron chi connectivity index (χ1n) is 7.02. The van der Waals surface area contributed by atoms with Gasteiger partial charge in [-0.3, -0.25) is 0 Å². The number of halogens is 2. The highest BCUT2D eigenvalue weighted by molar-refractivity contribution is 7.89. The molecule has 1 saturated heterocycles. The van der Waals surface area contributed by atoms with Gasteiger partial charge in [0.25, 0.3) is 0 Å². The van der Waals surface area contributed by atoms with Gasteiger partial charge in [0.1, 0.15) is 4.90 Å². The molecule has 1 aromatic rings. The minimum Gasteiger partial charge on any atom is -0.306 e. The first kappa shape index (κ1) is 17.0. The fraction of sp³-hybridized carbons (Fsp3) is 0.571. The molecule has 0 saturated carbocycles. The molecular weight excluding hydrogens is 331 g/mol. The van der Waals surface area contributed by atoms with Crippen LogP contribution in [0.2, 0.25) is 10.0 Å². The number of benzene rings is 1. The van der Waals surface area contributed by atoms with E-state index in [1.54, 1.807) is 6.07 Å². The lowest BCUT2D eigenvalue weighted by Crippen LogP contribution is -2.32. The largest absolute Gasteiger partial charge is 0.306 e. The van der Waals surface area contributed by atoms with Crippen molar-refractivity contribution in [3.05, 3.63) is 28.2 Å². The molecule has 0 aliphatic carbocycles. The van der Waals surface area contributed by atoms with E-state index in [1.807, 2.05) is 0 Å². The fourth-order valence-electron chi connectivity index (χ4n) is 2.51. The van der Waals surface area contributed by atoms with Crippen molar-refractivity contribution in [1.29, 1.82) is 0 Å². The van der Waals surface area contributed by atoms with E-state index in [1.165, 1.54) is 12.1 Å². The Balaban J connectivity index is 1.91. The summed E-state index contributed by atoms with van der Waals surface area (Å²) >= 11 is 11.8. The summed E-state index contributed by atoms with van der Waals surface area (Å²) < 4.78 is 27.1. The molecule has 0 aromatic heterocycles. The molecule has 21 heavy (non-hydrogen) atoms. The molecule has 1 aliphatic heterocycles. The normalized spacial score (nSPS) is 18.0. The number of hydrogen-bond donors (Lipinski definition) is 1. The smallest absolute Gasteiger partial charge is 0.242 e. The van der Waals surface area contributed by atoms with E-state index in [-0.39, 0.29) is 9.92 Å². The van der Waals surface area contributed by atoms with Gasteiger partial charge in [0.05, 0.1) is 5.02 Å². The Morgan fingerprint density at radius 2 is 1.95 bits per heavy atom. The maximum atomic E-state index is 12.2. The lowest BCUT2D eigenvalue weighted by Gasteiger charge is -2.28. The summed E-state index contributed by atoms with van der Waals surface area (Å²) in [4.78, 5) is 2.34. The average molecular weight is 351 g/mol. The summed E-state index contributed by atoms with van der Waals surface area (Å²) in [6.45, 7) is 2.59. The zero-order chi connectivity index (χ0) is 15.5. The van der Waals surface area contributed by atoms with Crippen LogP contribution in [0.5, 0.6) is 0 Å². The Hall–Kier alpha value is -0.330. The third-order valence-electron chi connectivity index (χ3n) is 3.87. The van der Waals surface area contributed by atoms with Crippen LogP contribution in [0, 0.1) is 5.92 Å². The Morgan fingerprint density at radius 1 is 1.29 bits per heavy atom. The minimum atomic E-state index is -3.60. The van der Waals surface area contributed by atoms with Gasteiger partial charge in [-0.25, -0.2) is 13.1 Å². The zero-order valence-corrected chi connectivity index (χ0v) is 14.3. The molecule has 0 unspecified atom stereocenters. The van der Waals surface area contributed by atoms with Gasteiger partial charge < -0.3 is 4.90 Å². The maximum absolute atomic E-state index is 12.2. The van der Waals surface area contributed by atoms with Crippen LogP contribution in [0.1, 0.15) is 19.3 Å². The molecule has 7 heteroatoms. The van der Waals surface area contributed by atoms with Gasteiger partial charge in [-0.05, 0) is 63.5 Å².